The number of ether oxygens (including phenoxy) is 2. The van der Waals surface area contributed by atoms with E-state index in [-0.39, 0.29) is 46.7 Å². The van der Waals surface area contributed by atoms with E-state index < -0.39 is 58.5 Å². The minimum Gasteiger partial charge on any atom is -0.508 e. The number of hydrogen-bond acceptors (Lipinski definition) is 10. The number of anilines is 3. The molecule has 4 aromatic carbocycles. The zero-order valence-electron chi connectivity index (χ0n) is 31.8. The molecule has 3 fully saturated rings. The summed E-state index contributed by atoms with van der Waals surface area (Å²) in [5.74, 6) is -6.39. The lowest BCUT2D eigenvalue weighted by atomic mass is 9.51. The van der Waals surface area contributed by atoms with Gasteiger partial charge in [-0.05, 0) is 92.4 Å². The number of phenolic OH excluding ortho intramolecular Hbond substituents is 1. The normalized spacial score (nSPS) is 25.4. The summed E-state index contributed by atoms with van der Waals surface area (Å²) in [5, 5.41) is 19.0. The van der Waals surface area contributed by atoms with Gasteiger partial charge in [0.25, 0.3) is 0 Å². The van der Waals surface area contributed by atoms with Gasteiger partial charge in [0.15, 0.2) is 0 Å². The zero-order chi connectivity index (χ0) is 40.5. The van der Waals surface area contributed by atoms with Crippen LogP contribution >= 0.6 is 11.6 Å². The van der Waals surface area contributed by atoms with E-state index in [0.717, 1.165) is 16.7 Å². The van der Waals surface area contributed by atoms with Crippen molar-refractivity contribution < 1.29 is 38.1 Å². The fourth-order valence-electron chi connectivity index (χ4n) is 9.26. The van der Waals surface area contributed by atoms with Gasteiger partial charge in [0.05, 0.1) is 65.2 Å². The summed E-state index contributed by atoms with van der Waals surface area (Å²) >= 11 is 6.14. The number of aromatic hydroxyl groups is 1. The van der Waals surface area contributed by atoms with Gasteiger partial charge in [0.2, 0.25) is 23.6 Å². The molecule has 2 aliphatic carbocycles. The number of azo groups is 1. The van der Waals surface area contributed by atoms with Crippen LogP contribution in [-0.2, 0) is 19.2 Å². The number of fused-ring (bicyclic) bond motifs is 4. The molecule has 14 heteroatoms. The molecule has 1 saturated carbocycles. The number of benzene rings is 4. The van der Waals surface area contributed by atoms with Gasteiger partial charge in [-0.2, -0.15) is 10.2 Å². The predicted octanol–water partition coefficient (Wildman–Crippen LogP) is 8.12. The number of carbonyl (C=O) groups is 4. The maximum Gasteiger partial charge on any atom is 0.241 e. The van der Waals surface area contributed by atoms with E-state index in [1.54, 1.807) is 31.2 Å². The minimum atomic E-state index is -1.46. The van der Waals surface area contributed by atoms with Gasteiger partial charge in [-0.1, -0.05) is 23.3 Å². The number of amides is 4. The number of imide groups is 2. The first-order valence-corrected chi connectivity index (χ1v) is 18.8. The van der Waals surface area contributed by atoms with Gasteiger partial charge in [0, 0.05) is 43.4 Å². The number of allylic oxidation sites excluding steroid dienone is 2. The Morgan fingerprint density at radius 1 is 0.807 bits per heavy atom. The molecule has 2 saturated heterocycles. The van der Waals surface area contributed by atoms with Crippen molar-refractivity contribution in [3.05, 3.63) is 107 Å². The summed E-state index contributed by atoms with van der Waals surface area (Å²) in [6.07, 6.45) is 2.19. The van der Waals surface area contributed by atoms with Gasteiger partial charge in [-0.25, -0.2) is 9.29 Å². The monoisotopic (exact) mass is 791 g/mol. The Kier molecular flexibility index (Phi) is 9.38. The van der Waals surface area contributed by atoms with Gasteiger partial charge in [-0.3, -0.25) is 24.1 Å². The molecule has 0 bridgehead atoms. The van der Waals surface area contributed by atoms with Crippen LogP contribution in [0.3, 0.4) is 0 Å². The molecule has 0 unspecified atom stereocenters. The first-order chi connectivity index (χ1) is 27.3. The highest BCUT2D eigenvalue weighted by Crippen LogP contribution is 2.66. The highest BCUT2D eigenvalue weighted by molar-refractivity contribution is 6.32. The van der Waals surface area contributed by atoms with Gasteiger partial charge < -0.3 is 19.5 Å². The topological polar surface area (TPSA) is 141 Å². The summed E-state index contributed by atoms with van der Waals surface area (Å²) < 4.78 is 25.8. The van der Waals surface area contributed by atoms with Crippen molar-refractivity contribution in [3.8, 4) is 17.2 Å². The first-order valence-electron chi connectivity index (χ1n) is 18.4. The molecular weight excluding hydrogens is 753 g/mol. The summed E-state index contributed by atoms with van der Waals surface area (Å²) in [5.41, 5.74) is 2.34. The van der Waals surface area contributed by atoms with E-state index in [1.165, 1.54) is 43.4 Å². The molecule has 4 amide bonds. The van der Waals surface area contributed by atoms with Crippen molar-refractivity contribution in [2.45, 2.75) is 25.7 Å². The number of carbonyl (C=O) groups excluding carboxylic acids is 4. The molecular formula is C43H39ClFN5O7. The Bertz CT molecular complexity index is 2380. The fourth-order valence-corrected chi connectivity index (χ4v) is 9.43. The number of rotatable bonds is 8. The molecule has 1 N–H and O–H groups in total. The molecule has 12 nitrogen and oxygen atoms in total. The summed E-state index contributed by atoms with van der Waals surface area (Å²) in [7, 11) is 6.74. The molecule has 2 heterocycles. The van der Waals surface area contributed by atoms with Crippen LogP contribution in [0, 0.1) is 34.9 Å². The van der Waals surface area contributed by atoms with Crippen LogP contribution < -0.4 is 24.2 Å². The van der Waals surface area contributed by atoms with Crippen molar-refractivity contribution in [2.75, 3.05) is 43.0 Å². The largest absolute Gasteiger partial charge is 0.508 e. The second-order valence-electron chi connectivity index (χ2n) is 15.2. The molecule has 57 heavy (non-hydrogen) atoms. The van der Waals surface area contributed by atoms with Crippen molar-refractivity contribution in [1.82, 2.24) is 0 Å². The average Bonchev–Trinajstić information content (AvgIpc) is 3.57. The van der Waals surface area contributed by atoms with Crippen molar-refractivity contribution >= 4 is 63.7 Å². The third kappa shape index (κ3) is 5.94. The van der Waals surface area contributed by atoms with Gasteiger partial charge in [-0.15, -0.1) is 0 Å². The SMILES string of the molecule is COc1cc(O)cc(OC)c1[C@H]1C2=CC[C@@H]3C(=O)N(c4ccc(N=Nc5ccc(N(C)C)cc5)cc4)C(=O)[C@@H]3[C@@H]2C[C@H]2C(=O)N(c3ccc(F)c(Cl)c3)C(=O)[C@@]12C. The van der Waals surface area contributed by atoms with E-state index in [9.17, 15) is 28.7 Å². The highest BCUT2D eigenvalue weighted by atomic mass is 35.5. The van der Waals surface area contributed by atoms with E-state index in [0.29, 0.717) is 28.2 Å². The molecule has 4 aromatic rings. The lowest BCUT2D eigenvalue weighted by molar-refractivity contribution is -0.131. The third-order valence-corrected chi connectivity index (χ3v) is 12.3. The Morgan fingerprint density at radius 2 is 1.40 bits per heavy atom. The van der Waals surface area contributed by atoms with Crippen molar-refractivity contribution in [3.63, 3.8) is 0 Å². The first kappa shape index (κ1) is 37.8. The Labute approximate surface area is 333 Å². The summed E-state index contributed by atoms with van der Waals surface area (Å²) in [6, 6.07) is 20.7. The number of methoxy groups -OCH3 is 2. The lowest BCUT2D eigenvalue weighted by Gasteiger charge is -2.49. The van der Waals surface area contributed by atoms with Crippen LogP contribution in [0.1, 0.15) is 31.2 Å². The molecule has 6 atom stereocenters. The second kappa shape index (κ2) is 14.1. The van der Waals surface area contributed by atoms with Crippen LogP contribution in [0.25, 0.3) is 0 Å². The smallest absolute Gasteiger partial charge is 0.241 e. The van der Waals surface area contributed by atoms with E-state index in [4.69, 9.17) is 21.1 Å². The van der Waals surface area contributed by atoms with Crippen LogP contribution in [0.2, 0.25) is 5.02 Å². The number of nitrogens with zero attached hydrogens (tertiary/aromatic N) is 5. The molecule has 4 aliphatic rings. The molecule has 0 spiro atoms. The maximum atomic E-state index is 14.8. The lowest BCUT2D eigenvalue weighted by Crippen LogP contribution is -2.49. The van der Waals surface area contributed by atoms with E-state index >= 15 is 0 Å². The summed E-state index contributed by atoms with van der Waals surface area (Å²) in [4.78, 5) is 62.4. The Balaban J connectivity index is 1.17. The number of hydrogen-bond donors (Lipinski definition) is 1. The predicted molar refractivity (Wildman–Crippen MR) is 211 cm³/mol. The van der Waals surface area contributed by atoms with Gasteiger partial charge >= 0.3 is 0 Å². The zero-order valence-corrected chi connectivity index (χ0v) is 32.5. The minimum absolute atomic E-state index is 0.0837. The number of phenols is 1. The molecule has 0 radical (unpaired) electrons. The maximum absolute atomic E-state index is 14.8. The van der Waals surface area contributed by atoms with Crippen molar-refractivity contribution in [2.24, 2.45) is 39.3 Å². The highest BCUT2D eigenvalue weighted by Gasteiger charge is 2.68. The van der Waals surface area contributed by atoms with Crippen molar-refractivity contribution in [1.29, 1.82) is 0 Å². The van der Waals surface area contributed by atoms with Crippen LogP contribution in [-0.4, -0.2) is 57.1 Å². The standard InChI is InChI=1S/C43H39ClFN5O7/c1-43-31(40(53)50(42(43)55)26-14-17-33(45)32(44)18-26)21-30-28(38(43)37-34(56-4)19-27(51)20-35(37)57-5)15-16-29-36(30)41(54)49(39(29)52)25-12-8-23(9-13-25)47-46-22-6-10-24(11-7-22)48(2)3/h6-15,17-20,29-31,36,38,51H,16,21H2,1-5H3/t29-,30+,31-,36-,38+,43+/m0/s1. The second-order valence-corrected chi connectivity index (χ2v) is 15.6. The van der Waals surface area contributed by atoms with Gasteiger partial charge in [0.1, 0.15) is 23.1 Å². The molecule has 292 valence electrons. The Morgan fingerprint density at radius 3 is 1.98 bits per heavy atom. The molecule has 8 rings (SSSR count). The van der Waals surface area contributed by atoms with Crippen LogP contribution in [0.5, 0.6) is 17.2 Å². The number of halogens is 2. The fraction of sp³-hybridized carbons (Fsp3) is 0.302. The van der Waals surface area contributed by atoms with E-state index in [2.05, 4.69) is 10.2 Å². The summed E-state index contributed by atoms with van der Waals surface area (Å²) in [6.45, 7) is 1.70. The van der Waals surface area contributed by atoms with Crippen LogP contribution in [0.15, 0.2) is 101 Å². The quantitative estimate of drug-likeness (QED) is 0.107. The third-order valence-electron chi connectivity index (χ3n) is 12.0. The van der Waals surface area contributed by atoms with E-state index in [1.807, 2.05) is 49.3 Å². The Hall–Kier alpha value is -6.08. The molecule has 0 aromatic heterocycles. The molecule has 2 aliphatic heterocycles. The average molecular weight is 792 g/mol. The van der Waals surface area contributed by atoms with Crippen LogP contribution in [0.4, 0.5) is 32.8 Å².